The molecule has 0 aliphatic heterocycles. The van der Waals surface area contributed by atoms with Crippen LogP contribution in [0.15, 0.2) is 18.2 Å². The monoisotopic (exact) mass is 193 g/mol. The molecule has 0 bridgehead atoms. The zero-order valence-electron chi connectivity index (χ0n) is 9.23. The highest BCUT2D eigenvalue weighted by molar-refractivity contribution is 5.34. The lowest BCUT2D eigenvalue weighted by Gasteiger charge is -2.12. The van der Waals surface area contributed by atoms with E-state index in [9.17, 15) is 4.39 Å². The average molecular weight is 193 g/mol. The molecule has 0 aromatic heterocycles. The first-order valence-electron chi connectivity index (χ1n) is 5.24. The van der Waals surface area contributed by atoms with E-state index < -0.39 is 0 Å². The lowest BCUT2D eigenvalue weighted by atomic mass is 9.94. The molecule has 0 atom stereocenters. The Bertz CT molecular complexity index is 291. The molecule has 1 radical (unpaired) electrons. The number of halogens is 1. The fourth-order valence-electron chi connectivity index (χ4n) is 1.55. The molecule has 0 saturated carbocycles. The quantitative estimate of drug-likeness (QED) is 0.670. The topological polar surface area (TPSA) is 0 Å². The molecule has 77 valence electrons. The third kappa shape index (κ3) is 2.57. The van der Waals surface area contributed by atoms with Crippen molar-refractivity contribution in [3.05, 3.63) is 41.1 Å². The lowest BCUT2D eigenvalue weighted by molar-refractivity contribution is 0.599. The van der Waals surface area contributed by atoms with Gasteiger partial charge in [-0.1, -0.05) is 44.9 Å². The van der Waals surface area contributed by atoms with Crippen molar-refractivity contribution < 1.29 is 4.39 Å². The van der Waals surface area contributed by atoms with E-state index in [0.29, 0.717) is 0 Å². The van der Waals surface area contributed by atoms with Crippen molar-refractivity contribution in [3.63, 3.8) is 0 Å². The molecule has 0 saturated heterocycles. The molecule has 0 fully saturated rings. The molecule has 0 aliphatic carbocycles. The number of unbranched alkanes of at least 4 members (excludes halogenated alkanes) is 1. The predicted molar refractivity (Wildman–Crippen MR) is 58.7 cm³/mol. The molecule has 0 N–H and O–H groups in total. The van der Waals surface area contributed by atoms with Gasteiger partial charge in [-0.3, -0.25) is 0 Å². The third-order valence-electron chi connectivity index (χ3n) is 2.56. The lowest BCUT2D eigenvalue weighted by Crippen LogP contribution is -1.99. The van der Waals surface area contributed by atoms with Crippen LogP contribution in [0, 0.1) is 18.7 Å². The smallest absolute Gasteiger partial charge is 0.129 e. The molecule has 0 amide bonds. The van der Waals surface area contributed by atoms with Crippen LogP contribution in [0.5, 0.6) is 0 Å². The maximum absolute atomic E-state index is 13.7. The van der Waals surface area contributed by atoms with Gasteiger partial charge < -0.3 is 0 Å². The molecule has 1 aromatic rings. The van der Waals surface area contributed by atoms with Gasteiger partial charge in [-0.15, -0.1) is 0 Å². The summed E-state index contributed by atoms with van der Waals surface area (Å²) in [5.41, 5.74) is 1.52. The van der Waals surface area contributed by atoms with E-state index in [2.05, 4.69) is 6.92 Å². The molecular weight excluding hydrogens is 175 g/mol. The van der Waals surface area contributed by atoms with Crippen molar-refractivity contribution in [2.75, 3.05) is 0 Å². The van der Waals surface area contributed by atoms with Crippen LogP contribution in [0.2, 0.25) is 0 Å². The highest BCUT2D eigenvalue weighted by atomic mass is 19.1. The van der Waals surface area contributed by atoms with Gasteiger partial charge in [-0.25, -0.2) is 4.39 Å². The van der Waals surface area contributed by atoms with Crippen LogP contribution in [-0.2, 0) is 0 Å². The molecule has 0 nitrogen and oxygen atoms in total. The summed E-state index contributed by atoms with van der Waals surface area (Å²) in [6.45, 7) is 5.99. The summed E-state index contributed by atoms with van der Waals surface area (Å²) in [6.07, 6.45) is 3.29. The van der Waals surface area contributed by atoms with Crippen LogP contribution in [0.4, 0.5) is 4.39 Å². The van der Waals surface area contributed by atoms with Crippen LogP contribution in [0.1, 0.15) is 44.2 Å². The first-order valence-corrected chi connectivity index (χ1v) is 5.24. The summed E-state index contributed by atoms with van der Waals surface area (Å²) >= 11 is 0. The van der Waals surface area contributed by atoms with Gasteiger partial charge in [0.05, 0.1) is 0 Å². The zero-order valence-corrected chi connectivity index (χ0v) is 9.23. The van der Waals surface area contributed by atoms with Crippen molar-refractivity contribution in [3.8, 4) is 0 Å². The molecule has 0 unspecified atom stereocenters. The largest absolute Gasteiger partial charge is 0.206 e. The minimum atomic E-state index is -0.0545. The van der Waals surface area contributed by atoms with Crippen molar-refractivity contribution in [1.29, 1.82) is 0 Å². The Morgan fingerprint density at radius 3 is 2.71 bits per heavy atom. The molecule has 14 heavy (non-hydrogen) atoms. The second kappa shape index (κ2) is 5.14. The van der Waals surface area contributed by atoms with E-state index in [1.54, 1.807) is 0 Å². The predicted octanol–water partition coefficient (Wildman–Crippen LogP) is 4.27. The van der Waals surface area contributed by atoms with E-state index in [-0.39, 0.29) is 5.82 Å². The standard InChI is InChI=1S/C13H18F/c1-4-5-7-10(2)12-9-6-8-11(3)13(12)14/h6,8-9H,4-5,7H2,1-3H3. The fourth-order valence-corrected chi connectivity index (χ4v) is 1.55. The zero-order chi connectivity index (χ0) is 10.6. The van der Waals surface area contributed by atoms with Gasteiger partial charge >= 0.3 is 0 Å². The Labute approximate surface area is 86.2 Å². The molecule has 0 spiro atoms. The van der Waals surface area contributed by atoms with Gasteiger partial charge in [0, 0.05) is 5.92 Å². The number of benzene rings is 1. The van der Waals surface area contributed by atoms with Crippen molar-refractivity contribution in [1.82, 2.24) is 0 Å². The second-order valence-corrected chi connectivity index (χ2v) is 3.82. The number of rotatable bonds is 4. The SMILES string of the molecule is CCCC[C](C)c1cccc(C)c1F. The fraction of sp³-hybridized carbons (Fsp3) is 0.462. The summed E-state index contributed by atoms with van der Waals surface area (Å²) in [4.78, 5) is 0. The summed E-state index contributed by atoms with van der Waals surface area (Å²) in [5, 5.41) is 0. The number of hydrogen-bond acceptors (Lipinski definition) is 0. The second-order valence-electron chi connectivity index (χ2n) is 3.82. The van der Waals surface area contributed by atoms with Gasteiger partial charge in [-0.2, -0.15) is 0 Å². The molecule has 1 heteroatoms. The van der Waals surface area contributed by atoms with E-state index in [4.69, 9.17) is 0 Å². The van der Waals surface area contributed by atoms with Crippen LogP contribution >= 0.6 is 0 Å². The Morgan fingerprint density at radius 1 is 1.36 bits per heavy atom. The Morgan fingerprint density at radius 2 is 2.07 bits per heavy atom. The minimum absolute atomic E-state index is 0.0545. The first kappa shape index (κ1) is 11.2. The number of hydrogen-bond donors (Lipinski definition) is 0. The van der Waals surface area contributed by atoms with Gasteiger partial charge in [0.15, 0.2) is 0 Å². The van der Waals surface area contributed by atoms with E-state index in [0.717, 1.165) is 36.3 Å². The van der Waals surface area contributed by atoms with Gasteiger partial charge in [0.25, 0.3) is 0 Å². The van der Waals surface area contributed by atoms with Gasteiger partial charge in [0.1, 0.15) is 5.82 Å². The van der Waals surface area contributed by atoms with Crippen LogP contribution in [-0.4, -0.2) is 0 Å². The molecule has 1 rings (SSSR count). The Balaban J connectivity index is 2.79. The summed E-state index contributed by atoms with van der Waals surface area (Å²) in [7, 11) is 0. The maximum Gasteiger partial charge on any atom is 0.129 e. The van der Waals surface area contributed by atoms with Crippen molar-refractivity contribution in [2.24, 2.45) is 0 Å². The van der Waals surface area contributed by atoms with Crippen LogP contribution < -0.4 is 0 Å². The average Bonchev–Trinajstić information content (AvgIpc) is 2.18. The maximum atomic E-state index is 13.7. The normalized spacial score (nSPS) is 10.9. The summed E-state index contributed by atoms with van der Waals surface area (Å²) in [5.74, 6) is 1.11. The Kier molecular flexibility index (Phi) is 4.12. The summed E-state index contributed by atoms with van der Waals surface area (Å²) < 4.78 is 13.7. The molecule has 1 aromatic carbocycles. The minimum Gasteiger partial charge on any atom is -0.206 e. The van der Waals surface area contributed by atoms with E-state index in [1.807, 2.05) is 32.0 Å². The van der Waals surface area contributed by atoms with Gasteiger partial charge in [-0.05, 0) is 24.5 Å². The number of aryl methyl sites for hydroxylation is 1. The van der Waals surface area contributed by atoms with Crippen LogP contribution in [0.25, 0.3) is 0 Å². The molecule has 0 aliphatic rings. The van der Waals surface area contributed by atoms with Gasteiger partial charge in [0.2, 0.25) is 0 Å². The van der Waals surface area contributed by atoms with Crippen molar-refractivity contribution in [2.45, 2.75) is 40.0 Å². The molecule has 0 heterocycles. The molecular formula is C13H18F. The third-order valence-corrected chi connectivity index (χ3v) is 2.56. The Hall–Kier alpha value is -0.850. The highest BCUT2D eigenvalue weighted by Crippen LogP contribution is 2.24. The first-order chi connectivity index (χ1) is 6.66. The van der Waals surface area contributed by atoms with Crippen LogP contribution in [0.3, 0.4) is 0 Å². The van der Waals surface area contributed by atoms with E-state index in [1.165, 1.54) is 0 Å². The van der Waals surface area contributed by atoms with E-state index >= 15 is 0 Å². The van der Waals surface area contributed by atoms with Crippen molar-refractivity contribution >= 4 is 0 Å². The summed E-state index contributed by atoms with van der Waals surface area (Å²) in [6, 6.07) is 5.60. The highest BCUT2D eigenvalue weighted by Gasteiger charge is 2.11.